The Morgan fingerprint density at radius 2 is 1.95 bits per heavy atom. The highest BCUT2D eigenvalue weighted by atomic mass is 15.2. The zero-order chi connectivity index (χ0) is 14.4. The number of anilines is 1. The molecule has 20 heavy (non-hydrogen) atoms. The van der Waals surface area contributed by atoms with Gasteiger partial charge in [-0.1, -0.05) is 32.0 Å². The highest BCUT2D eigenvalue weighted by Gasteiger charge is 2.19. The number of benzene rings is 1. The van der Waals surface area contributed by atoms with Crippen molar-refractivity contribution in [3.05, 3.63) is 29.8 Å². The van der Waals surface area contributed by atoms with Gasteiger partial charge in [0.1, 0.15) is 0 Å². The van der Waals surface area contributed by atoms with Crippen LogP contribution < -0.4 is 10.2 Å². The van der Waals surface area contributed by atoms with E-state index in [1.165, 1.54) is 43.5 Å². The zero-order valence-corrected chi connectivity index (χ0v) is 13.4. The second-order valence-electron chi connectivity index (χ2n) is 6.51. The van der Waals surface area contributed by atoms with Gasteiger partial charge in [-0.3, -0.25) is 0 Å². The molecule has 0 bridgehead atoms. The predicted octanol–water partition coefficient (Wildman–Crippen LogP) is 3.85. The Labute approximate surface area is 124 Å². The summed E-state index contributed by atoms with van der Waals surface area (Å²) in [5, 5.41) is 3.57. The molecule has 0 fully saturated rings. The Hall–Kier alpha value is -1.02. The summed E-state index contributed by atoms with van der Waals surface area (Å²) in [6.07, 6.45) is 5.11. The van der Waals surface area contributed by atoms with Crippen molar-refractivity contribution in [2.24, 2.45) is 5.92 Å². The fraction of sp³-hybridized carbons (Fsp3) is 0.667. The Morgan fingerprint density at radius 3 is 2.75 bits per heavy atom. The lowest BCUT2D eigenvalue weighted by atomic mass is 10.1. The van der Waals surface area contributed by atoms with E-state index in [2.05, 4.69) is 55.3 Å². The van der Waals surface area contributed by atoms with Crippen molar-refractivity contribution in [2.45, 2.75) is 52.5 Å². The van der Waals surface area contributed by atoms with E-state index in [1.807, 2.05) is 0 Å². The first kappa shape index (κ1) is 15.4. The topological polar surface area (TPSA) is 15.3 Å². The molecule has 1 heterocycles. The van der Waals surface area contributed by atoms with Gasteiger partial charge < -0.3 is 10.2 Å². The van der Waals surface area contributed by atoms with E-state index >= 15 is 0 Å². The Bertz CT molecular complexity index is 400. The minimum Gasteiger partial charge on any atom is -0.369 e. The van der Waals surface area contributed by atoms with E-state index in [9.17, 15) is 0 Å². The van der Waals surface area contributed by atoms with Crippen LogP contribution >= 0.6 is 0 Å². The van der Waals surface area contributed by atoms with Crippen molar-refractivity contribution in [1.82, 2.24) is 5.32 Å². The maximum Gasteiger partial charge on any atom is 0.0401 e. The maximum absolute atomic E-state index is 3.57. The second-order valence-corrected chi connectivity index (χ2v) is 6.51. The third-order valence-corrected chi connectivity index (χ3v) is 4.22. The lowest BCUT2D eigenvalue weighted by Gasteiger charge is -2.31. The lowest BCUT2D eigenvalue weighted by Crippen LogP contribution is -2.36. The fourth-order valence-corrected chi connectivity index (χ4v) is 3.04. The molecule has 112 valence electrons. The number of nitrogens with zero attached hydrogens (tertiary/aromatic N) is 1. The molecule has 0 radical (unpaired) electrons. The van der Waals surface area contributed by atoms with E-state index in [1.54, 1.807) is 0 Å². The SMILES string of the molecule is CC(C)CNCCC(C)N1CCCCc2ccccc21. The van der Waals surface area contributed by atoms with Crippen molar-refractivity contribution in [3.8, 4) is 0 Å². The van der Waals surface area contributed by atoms with Crippen molar-refractivity contribution < 1.29 is 0 Å². The van der Waals surface area contributed by atoms with Gasteiger partial charge >= 0.3 is 0 Å². The van der Waals surface area contributed by atoms with Gasteiger partial charge in [-0.2, -0.15) is 0 Å². The molecule has 1 aliphatic heterocycles. The molecule has 0 spiro atoms. The number of fused-ring (bicyclic) bond motifs is 1. The molecule has 2 heteroatoms. The summed E-state index contributed by atoms with van der Waals surface area (Å²) in [5.41, 5.74) is 3.01. The molecule has 0 saturated heterocycles. The summed E-state index contributed by atoms with van der Waals surface area (Å²) >= 11 is 0. The Kier molecular flexibility index (Phi) is 5.90. The molecular weight excluding hydrogens is 244 g/mol. The number of hydrogen-bond donors (Lipinski definition) is 1. The van der Waals surface area contributed by atoms with Crippen LogP contribution in [0.1, 0.15) is 45.6 Å². The van der Waals surface area contributed by atoms with Gasteiger partial charge in [-0.25, -0.2) is 0 Å². The minimum absolute atomic E-state index is 0.619. The average Bonchev–Trinajstić information content (AvgIpc) is 2.65. The molecule has 1 atom stereocenters. The van der Waals surface area contributed by atoms with Gasteiger partial charge in [0.05, 0.1) is 0 Å². The van der Waals surface area contributed by atoms with Crippen LogP contribution in [-0.4, -0.2) is 25.7 Å². The lowest BCUT2D eigenvalue weighted by molar-refractivity contribution is 0.505. The van der Waals surface area contributed by atoms with Crippen LogP contribution in [0.15, 0.2) is 24.3 Å². The highest BCUT2D eigenvalue weighted by Crippen LogP contribution is 2.28. The number of para-hydroxylation sites is 1. The van der Waals surface area contributed by atoms with Gasteiger partial charge in [-0.15, -0.1) is 0 Å². The van der Waals surface area contributed by atoms with E-state index in [0.717, 1.165) is 19.0 Å². The number of aryl methyl sites for hydroxylation is 1. The molecule has 0 amide bonds. The molecule has 0 aliphatic carbocycles. The molecule has 1 aromatic rings. The average molecular weight is 274 g/mol. The predicted molar refractivity (Wildman–Crippen MR) is 88.5 cm³/mol. The molecule has 2 rings (SSSR count). The zero-order valence-electron chi connectivity index (χ0n) is 13.4. The van der Waals surface area contributed by atoms with Crippen molar-refractivity contribution in [3.63, 3.8) is 0 Å². The first-order chi connectivity index (χ1) is 9.68. The van der Waals surface area contributed by atoms with Crippen LogP contribution in [0.2, 0.25) is 0 Å². The third kappa shape index (κ3) is 4.24. The normalized spacial score (nSPS) is 16.9. The molecule has 0 saturated carbocycles. The summed E-state index contributed by atoms with van der Waals surface area (Å²) in [6.45, 7) is 10.4. The third-order valence-electron chi connectivity index (χ3n) is 4.22. The second kappa shape index (κ2) is 7.68. The van der Waals surface area contributed by atoms with Crippen molar-refractivity contribution >= 4 is 5.69 Å². The Morgan fingerprint density at radius 1 is 1.15 bits per heavy atom. The highest BCUT2D eigenvalue weighted by molar-refractivity contribution is 5.55. The van der Waals surface area contributed by atoms with Gasteiger partial charge in [-0.05, 0) is 63.2 Å². The maximum atomic E-state index is 3.57. The van der Waals surface area contributed by atoms with E-state index in [0.29, 0.717) is 6.04 Å². The van der Waals surface area contributed by atoms with Crippen LogP contribution in [0.5, 0.6) is 0 Å². The van der Waals surface area contributed by atoms with Crippen LogP contribution in [-0.2, 0) is 6.42 Å². The summed E-state index contributed by atoms with van der Waals surface area (Å²) in [6, 6.07) is 9.59. The first-order valence-corrected chi connectivity index (χ1v) is 8.23. The fourth-order valence-electron chi connectivity index (χ4n) is 3.04. The van der Waals surface area contributed by atoms with Crippen LogP contribution in [0.4, 0.5) is 5.69 Å². The first-order valence-electron chi connectivity index (χ1n) is 8.23. The number of nitrogens with one attached hydrogen (secondary N) is 1. The Balaban J connectivity index is 1.93. The largest absolute Gasteiger partial charge is 0.369 e. The van der Waals surface area contributed by atoms with Gasteiger partial charge in [0.25, 0.3) is 0 Å². The summed E-state index contributed by atoms with van der Waals surface area (Å²) < 4.78 is 0. The molecule has 1 unspecified atom stereocenters. The van der Waals surface area contributed by atoms with Gasteiger partial charge in [0.2, 0.25) is 0 Å². The molecule has 1 aliphatic rings. The van der Waals surface area contributed by atoms with Gasteiger partial charge in [0, 0.05) is 18.3 Å². The minimum atomic E-state index is 0.619. The number of hydrogen-bond acceptors (Lipinski definition) is 2. The molecule has 1 aromatic carbocycles. The standard InChI is InChI=1S/C18H30N2/c1-15(2)14-19-12-11-16(3)20-13-7-6-9-17-8-4-5-10-18(17)20/h4-5,8,10,15-16,19H,6-7,9,11-14H2,1-3H3. The number of rotatable bonds is 6. The van der Waals surface area contributed by atoms with Crippen molar-refractivity contribution in [1.29, 1.82) is 0 Å². The van der Waals surface area contributed by atoms with Crippen LogP contribution in [0.3, 0.4) is 0 Å². The molecule has 2 nitrogen and oxygen atoms in total. The molecule has 0 aromatic heterocycles. The van der Waals surface area contributed by atoms with Gasteiger partial charge in [0.15, 0.2) is 0 Å². The van der Waals surface area contributed by atoms with Crippen molar-refractivity contribution in [2.75, 3.05) is 24.5 Å². The van der Waals surface area contributed by atoms with E-state index in [-0.39, 0.29) is 0 Å². The molecular formula is C18H30N2. The summed E-state index contributed by atoms with van der Waals surface area (Å²) in [7, 11) is 0. The summed E-state index contributed by atoms with van der Waals surface area (Å²) in [4.78, 5) is 2.62. The summed E-state index contributed by atoms with van der Waals surface area (Å²) in [5.74, 6) is 0.740. The van der Waals surface area contributed by atoms with Crippen LogP contribution in [0, 0.1) is 5.92 Å². The van der Waals surface area contributed by atoms with E-state index in [4.69, 9.17) is 0 Å². The monoisotopic (exact) mass is 274 g/mol. The van der Waals surface area contributed by atoms with E-state index < -0.39 is 0 Å². The molecule has 1 N–H and O–H groups in total. The smallest absolute Gasteiger partial charge is 0.0401 e. The quantitative estimate of drug-likeness (QED) is 0.793. The van der Waals surface area contributed by atoms with Crippen LogP contribution in [0.25, 0.3) is 0 Å².